The molecule has 0 aliphatic carbocycles. The fourth-order valence-corrected chi connectivity index (χ4v) is 2.36. The summed E-state index contributed by atoms with van der Waals surface area (Å²) in [5, 5.41) is 3.26. The number of nitrogens with one attached hydrogen (secondary N) is 1. The molecule has 0 radical (unpaired) electrons. The average Bonchev–Trinajstić information content (AvgIpc) is 2.97. The Morgan fingerprint density at radius 3 is 3.05 bits per heavy atom. The van der Waals surface area contributed by atoms with Crippen LogP contribution in [0.3, 0.4) is 0 Å². The maximum absolute atomic E-state index is 12.3. The highest BCUT2D eigenvalue weighted by Crippen LogP contribution is 2.39. The number of rotatable bonds is 3. The zero-order chi connectivity index (χ0) is 14.8. The van der Waals surface area contributed by atoms with E-state index in [9.17, 15) is 4.79 Å². The van der Waals surface area contributed by atoms with Crippen LogP contribution in [0.2, 0.25) is 5.02 Å². The Morgan fingerprint density at radius 2 is 2.29 bits per heavy atom. The number of amides is 1. The van der Waals surface area contributed by atoms with E-state index in [2.05, 4.69) is 10.3 Å². The third kappa shape index (κ3) is 2.78. The number of halogens is 1. The van der Waals surface area contributed by atoms with Crippen molar-refractivity contribution in [2.24, 2.45) is 0 Å². The lowest BCUT2D eigenvalue weighted by atomic mass is 10.1. The van der Waals surface area contributed by atoms with Crippen molar-refractivity contribution >= 4 is 17.5 Å². The number of hydrogen-bond acceptors (Lipinski definition) is 4. The molecule has 1 aliphatic rings. The van der Waals surface area contributed by atoms with Gasteiger partial charge < -0.3 is 14.8 Å². The van der Waals surface area contributed by atoms with Crippen LogP contribution in [0.1, 0.15) is 28.9 Å². The summed E-state index contributed by atoms with van der Waals surface area (Å²) in [7, 11) is 0. The lowest BCUT2D eigenvalue weighted by Gasteiger charge is -2.14. The Morgan fingerprint density at radius 1 is 1.43 bits per heavy atom. The summed E-state index contributed by atoms with van der Waals surface area (Å²) < 4.78 is 10.5. The summed E-state index contributed by atoms with van der Waals surface area (Å²) in [4.78, 5) is 16.3. The first-order valence-corrected chi connectivity index (χ1v) is 6.83. The van der Waals surface area contributed by atoms with Gasteiger partial charge in [-0.2, -0.15) is 0 Å². The van der Waals surface area contributed by atoms with Crippen molar-refractivity contribution in [2.45, 2.75) is 13.0 Å². The van der Waals surface area contributed by atoms with Crippen molar-refractivity contribution in [1.82, 2.24) is 10.3 Å². The summed E-state index contributed by atoms with van der Waals surface area (Å²) in [5.74, 6) is 0.738. The van der Waals surface area contributed by atoms with Crippen LogP contribution >= 0.6 is 11.6 Å². The van der Waals surface area contributed by atoms with Gasteiger partial charge in [0, 0.05) is 18.0 Å². The molecule has 1 aliphatic heterocycles. The molecule has 1 N–H and O–H groups in total. The van der Waals surface area contributed by atoms with E-state index in [1.807, 2.05) is 19.1 Å². The Balaban J connectivity index is 1.78. The molecule has 3 rings (SSSR count). The molecule has 0 saturated carbocycles. The summed E-state index contributed by atoms with van der Waals surface area (Å²) in [6, 6.07) is 6.77. The highest BCUT2D eigenvalue weighted by atomic mass is 35.5. The van der Waals surface area contributed by atoms with Crippen molar-refractivity contribution in [1.29, 1.82) is 0 Å². The molecule has 0 fully saturated rings. The number of carbonyl (C=O) groups is 1. The van der Waals surface area contributed by atoms with Crippen LogP contribution in [0, 0.1) is 0 Å². The van der Waals surface area contributed by atoms with Crippen molar-refractivity contribution in [3.05, 3.63) is 52.8 Å². The van der Waals surface area contributed by atoms with E-state index in [1.165, 1.54) is 0 Å². The lowest BCUT2D eigenvalue weighted by molar-refractivity contribution is 0.0939. The average molecular weight is 305 g/mol. The molecule has 21 heavy (non-hydrogen) atoms. The van der Waals surface area contributed by atoms with E-state index in [-0.39, 0.29) is 18.7 Å². The topological polar surface area (TPSA) is 60.5 Å². The number of benzene rings is 1. The van der Waals surface area contributed by atoms with Gasteiger partial charge in [0.25, 0.3) is 5.91 Å². The molecular formula is C15H13ClN2O3. The number of pyridine rings is 1. The predicted octanol–water partition coefficient (Wildman–Crippen LogP) is 2.95. The van der Waals surface area contributed by atoms with E-state index in [1.54, 1.807) is 24.5 Å². The van der Waals surface area contributed by atoms with E-state index in [0.717, 1.165) is 5.56 Å². The fraction of sp³-hybridized carbons (Fsp3) is 0.200. The summed E-state index contributed by atoms with van der Waals surface area (Å²) >= 11 is 6.08. The highest BCUT2D eigenvalue weighted by Gasteiger charge is 2.21. The van der Waals surface area contributed by atoms with Gasteiger partial charge in [-0.05, 0) is 30.7 Å². The Bertz CT molecular complexity index is 676. The SMILES string of the molecule is CC(NC(=O)c1cc(Cl)c2c(c1)OCO2)c1cccnc1. The zero-order valence-corrected chi connectivity index (χ0v) is 12.1. The molecule has 6 heteroatoms. The van der Waals surface area contributed by atoms with Gasteiger partial charge in [0.15, 0.2) is 11.5 Å². The molecule has 1 aromatic carbocycles. The molecular weight excluding hydrogens is 292 g/mol. The number of hydrogen-bond donors (Lipinski definition) is 1. The number of carbonyl (C=O) groups excluding carboxylic acids is 1. The second kappa shape index (κ2) is 5.61. The molecule has 5 nitrogen and oxygen atoms in total. The quantitative estimate of drug-likeness (QED) is 0.947. The first-order chi connectivity index (χ1) is 10.1. The number of ether oxygens (including phenoxy) is 2. The molecule has 0 bridgehead atoms. The van der Waals surface area contributed by atoms with Gasteiger partial charge in [0.05, 0.1) is 11.1 Å². The maximum Gasteiger partial charge on any atom is 0.251 e. The molecule has 1 aromatic heterocycles. The van der Waals surface area contributed by atoms with Crippen LogP contribution < -0.4 is 14.8 Å². The second-order valence-corrected chi connectivity index (χ2v) is 5.08. The Hall–Kier alpha value is -2.27. The first kappa shape index (κ1) is 13.7. The normalized spacial score (nSPS) is 13.8. The van der Waals surface area contributed by atoms with Gasteiger partial charge in [-0.25, -0.2) is 0 Å². The minimum Gasteiger partial charge on any atom is -0.454 e. The number of aromatic nitrogens is 1. The fourth-order valence-electron chi connectivity index (χ4n) is 2.09. The largest absolute Gasteiger partial charge is 0.454 e. The van der Waals surface area contributed by atoms with Crippen LogP contribution in [0.15, 0.2) is 36.7 Å². The standard InChI is InChI=1S/C15H13ClN2O3/c1-9(10-3-2-4-17-7-10)18-15(19)11-5-12(16)14-13(6-11)20-8-21-14/h2-7,9H,8H2,1H3,(H,18,19). The second-order valence-electron chi connectivity index (χ2n) is 4.67. The van der Waals surface area contributed by atoms with Crippen molar-refractivity contribution in [2.75, 3.05) is 6.79 Å². The summed E-state index contributed by atoms with van der Waals surface area (Å²) in [6.45, 7) is 2.01. The number of fused-ring (bicyclic) bond motifs is 1. The Kier molecular flexibility index (Phi) is 3.66. The van der Waals surface area contributed by atoms with Crippen LogP contribution in [-0.2, 0) is 0 Å². The molecule has 0 spiro atoms. The van der Waals surface area contributed by atoms with E-state index in [4.69, 9.17) is 21.1 Å². The minimum atomic E-state index is -0.230. The van der Waals surface area contributed by atoms with Crippen LogP contribution in [0.5, 0.6) is 11.5 Å². The van der Waals surface area contributed by atoms with Gasteiger partial charge >= 0.3 is 0 Å². The molecule has 0 saturated heterocycles. The van der Waals surface area contributed by atoms with Crippen molar-refractivity contribution < 1.29 is 14.3 Å². The van der Waals surface area contributed by atoms with Crippen LogP contribution in [0.4, 0.5) is 0 Å². The van der Waals surface area contributed by atoms with Gasteiger partial charge in [-0.1, -0.05) is 17.7 Å². The monoisotopic (exact) mass is 304 g/mol. The highest BCUT2D eigenvalue weighted by molar-refractivity contribution is 6.32. The molecule has 1 atom stereocenters. The first-order valence-electron chi connectivity index (χ1n) is 6.45. The summed E-state index contributed by atoms with van der Waals surface area (Å²) in [6.07, 6.45) is 3.41. The minimum absolute atomic E-state index is 0.117. The third-order valence-corrected chi connectivity index (χ3v) is 3.50. The van der Waals surface area contributed by atoms with Gasteiger partial charge in [0.2, 0.25) is 6.79 Å². The van der Waals surface area contributed by atoms with Crippen LogP contribution in [0.25, 0.3) is 0 Å². The maximum atomic E-state index is 12.3. The molecule has 108 valence electrons. The van der Waals surface area contributed by atoms with Crippen molar-refractivity contribution in [3.63, 3.8) is 0 Å². The third-order valence-electron chi connectivity index (χ3n) is 3.22. The van der Waals surface area contributed by atoms with E-state index >= 15 is 0 Å². The molecule has 2 aromatic rings. The zero-order valence-electron chi connectivity index (χ0n) is 11.3. The molecule has 2 heterocycles. The van der Waals surface area contributed by atoms with E-state index < -0.39 is 0 Å². The molecule has 1 unspecified atom stereocenters. The smallest absolute Gasteiger partial charge is 0.251 e. The number of nitrogens with zero attached hydrogens (tertiary/aromatic N) is 1. The molecule has 1 amide bonds. The lowest BCUT2D eigenvalue weighted by Crippen LogP contribution is -2.26. The van der Waals surface area contributed by atoms with E-state index in [0.29, 0.717) is 22.1 Å². The van der Waals surface area contributed by atoms with Gasteiger partial charge in [0.1, 0.15) is 0 Å². The van der Waals surface area contributed by atoms with Crippen molar-refractivity contribution in [3.8, 4) is 11.5 Å². The van der Waals surface area contributed by atoms with Gasteiger partial charge in [-0.3, -0.25) is 9.78 Å². The van der Waals surface area contributed by atoms with Gasteiger partial charge in [-0.15, -0.1) is 0 Å². The summed E-state index contributed by atoms with van der Waals surface area (Å²) in [5.41, 5.74) is 1.36. The Labute approximate surface area is 126 Å². The van der Waals surface area contributed by atoms with Crippen LogP contribution in [-0.4, -0.2) is 17.7 Å². The predicted molar refractivity (Wildman–Crippen MR) is 77.7 cm³/mol.